The number of hydrogen-bond donors (Lipinski definition) is 1. The lowest BCUT2D eigenvalue weighted by atomic mass is 10.0. The van der Waals surface area contributed by atoms with E-state index in [0.717, 1.165) is 17.5 Å². The lowest BCUT2D eigenvalue weighted by Gasteiger charge is -2.08. The number of aromatic hydroxyl groups is 1. The van der Waals surface area contributed by atoms with Crippen molar-refractivity contribution in [1.29, 1.82) is 0 Å². The highest BCUT2D eigenvalue weighted by Gasteiger charge is 2.03. The molecule has 0 aliphatic heterocycles. The van der Waals surface area contributed by atoms with Crippen molar-refractivity contribution in [3.05, 3.63) is 66.2 Å². The van der Waals surface area contributed by atoms with Crippen LogP contribution in [0.25, 0.3) is 10.8 Å². The minimum Gasteiger partial charge on any atom is -0.507 e. The summed E-state index contributed by atoms with van der Waals surface area (Å²) in [4.78, 5) is 4.54. The van der Waals surface area contributed by atoms with Crippen LogP contribution in [0.2, 0.25) is 0 Å². The Labute approximate surface area is 218 Å². The first-order chi connectivity index (χ1) is 17.8. The van der Waals surface area contributed by atoms with Crippen LogP contribution in [0.15, 0.2) is 65.7 Å². The van der Waals surface area contributed by atoms with E-state index in [4.69, 9.17) is 4.74 Å². The fourth-order valence-corrected chi connectivity index (χ4v) is 4.61. The minimum absolute atomic E-state index is 0.193. The summed E-state index contributed by atoms with van der Waals surface area (Å²) >= 11 is 0. The Balaban J connectivity index is 1.24. The molecule has 0 bridgehead atoms. The van der Waals surface area contributed by atoms with Crippen LogP contribution in [0.1, 0.15) is 102 Å². The number of ether oxygens (including phenoxy) is 1. The normalized spacial score (nSPS) is 11.5. The predicted octanol–water partition coefficient (Wildman–Crippen LogP) is 10.2. The third-order valence-electron chi connectivity index (χ3n) is 6.85. The average Bonchev–Trinajstić information content (AvgIpc) is 2.90. The van der Waals surface area contributed by atoms with Crippen LogP contribution >= 0.6 is 0 Å². The molecule has 0 fully saturated rings. The number of hydrogen-bond acceptors (Lipinski definition) is 3. The molecular formula is C33H45NO2. The standard InChI is InChI=1S/C33H45NO2/c1-2-3-4-5-6-7-8-9-10-11-12-13-14-17-24-36-32-23-21-30(33(35)26-32)27-34-31-22-20-28-18-15-16-19-29(28)25-31/h15-16,18-23,25-27,35H,2-14,17,24H2,1H3. The fraction of sp³-hybridized carbons (Fsp3) is 0.485. The molecule has 3 nitrogen and oxygen atoms in total. The molecule has 0 aliphatic carbocycles. The highest BCUT2D eigenvalue weighted by molar-refractivity contribution is 5.89. The monoisotopic (exact) mass is 487 g/mol. The third kappa shape index (κ3) is 10.4. The largest absolute Gasteiger partial charge is 0.507 e. The topological polar surface area (TPSA) is 41.8 Å². The maximum absolute atomic E-state index is 10.4. The molecule has 0 unspecified atom stereocenters. The van der Waals surface area contributed by atoms with Crippen LogP contribution in [-0.4, -0.2) is 17.9 Å². The molecule has 1 N–H and O–H groups in total. The van der Waals surface area contributed by atoms with Crippen molar-refractivity contribution in [2.45, 2.75) is 96.8 Å². The number of benzene rings is 3. The molecule has 0 spiro atoms. The zero-order valence-electron chi connectivity index (χ0n) is 22.3. The molecule has 3 aromatic carbocycles. The minimum atomic E-state index is 0.193. The van der Waals surface area contributed by atoms with Gasteiger partial charge in [-0.05, 0) is 41.5 Å². The zero-order chi connectivity index (χ0) is 25.3. The summed E-state index contributed by atoms with van der Waals surface area (Å²) in [5.74, 6) is 0.906. The number of aliphatic imine (C=N–C) groups is 1. The van der Waals surface area contributed by atoms with Gasteiger partial charge in [0.1, 0.15) is 11.5 Å². The van der Waals surface area contributed by atoms with E-state index in [1.807, 2.05) is 30.3 Å². The van der Waals surface area contributed by atoms with Gasteiger partial charge in [-0.1, -0.05) is 121 Å². The molecule has 0 aliphatic rings. The van der Waals surface area contributed by atoms with E-state index in [9.17, 15) is 5.11 Å². The third-order valence-corrected chi connectivity index (χ3v) is 6.85. The van der Waals surface area contributed by atoms with Crippen molar-refractivity contribution < 1.29 is 9.84 Å². The van der Waals surface area contributed by atoms with Gasteiger partial charge < -0.3 is 9.84 Å². The number of nitrogens with zero attached hydrogens (tertiary/aromatic N) is 1. The average molecular weight is 488 g/mol. The van der Waals surface area contributed by atoms with E-state index in [1.54, 1.807) is 12.3 Å². The number of fused-ring (bicyclic) bond motifs is 1. The van der Waals surface area contributed by atoms with Gasteiger partial charge in [0, 0.05) is 17.8 Å². The SMILES string of the molecule is CCCCCCCCCCCCCCCCOc1ccc(C=Nc2ccc3ccccc3c2)c(O)c1. The molecule has 194 valence electrons. The molecule has 0 atom stereocenters. The molecule has 0 radical (unpaired) electrons. The number of phenolic OH excluding ortho intramolecular Hbond substituents is 1. The molecule has 0 amide bonds. The quantitative estimate of drug-likeness (QED) is 0.143. The number of rotatable bonds is 18. The van der Waals surface area contributed by atoms with E-state index in [2.05, 4.69) is 36.2 Å². The number of phenols is 1. The van der Waals surface area contributed by atoms with Crippen LogP contribution < -0.4 is 4.74 Å². The second-order valence-corrected chi connectivity index (χ2v) is 9.95. The lowest BCUT2D eigenvalue weighted by molar-refractivity contribution is 0.302. The maximum atomic E-state index is 10.4. The van der Waals surface area contributed by atoms with E-state index in [-0.39, 0.29) is 5.75 Å². The Kier molecular flexibility index (Phi) is 13.0. The Bertz CT molecular complexity index is 1040. The Hall–Kier alpha value is -2.81. The van der Waals surface area contributed by atoms with Crippen LogP contribution in [0.5, 0.6) is 11.5 Å². The van der Waals surface area contributed by atoms with Gasteiger partial charge >= 0.3 is 0 Å². The first kappa shape index (κ1) is 27.8. The van der Waals surface area contributed by atoms with Gasteiger partial charge in [0.05, 0.1) is 12.3 Å². The van der Waals surface area contributed by atoms with Gasteiger partial charge in [-0.3, -0.25) is 4.99 Å². The number of unbranched alkanes of at least 4 members (excludes halogenated alkanes) is 13. The first-order valence-electron chi connectivity index (χ1n) is 14.2. The summed E-state index contributed by atoms with van der Waals surface area (Å²) in [7, 11) is 0. The van der Waals surface area contributed by atoms with Gasteiger partial charge in [-0.2, -0.15) is 0 Å². The van der Waals surface area contributed by atoms with Crippen LogP contribution in [0.4, 0.5) is 5.69 Å². The molecule has 36 heavy (non-hydrogen) atoms. The van der Waals surface area contributed by atoms with Gasteiger partial charge in [-0.15, -0.1) is 0 Å². The van der Waals surface area contributed by atoms with Crippen LogP contribution in [0.3, 0.4) is 0 Å². The second kappa shape index (κ2) is 16.8. The van der Waals surface area contributed by atoms with Gasteiger partial charge in [0.2, 0.25) is 0 Å². The van der Waals surface area contributed by atoms with Crippen molar-refractivity contribution in [3.8, 4) is 11.5 Å². The molecule has 3 rings (SSSR count). The van der Waals surface area contributed by atoms with Gasteiger partial charge in [-0.25, -0.2) is 0 Å². The smallest absolute Gasteiger partial charge is 0.128 e. The lowest BCUT2D eigenvalue weighted by Crippen LogP contribution is -1.97. The van der Waals surface area contributed by atoms with Crippen LogP contribution in [0, 0.1) is 0 Å². The molecular weight excluding hydrogens is 442 g/mol. The van der Waals surface area contributed by atoms with Crippen LogP contribution in [-0.2, 0) is 0 Å². The summed E-state index contributed by atoms with van der Waals surface area (Å²) in [6, 6.07) is 19.8. The first-order valence-corrected chi connectivity index (χ1v) is 14.2. The van der Waals surface area contributed by atoms with Crippen molar-refractivity contribution in [2.24, 2.45) is 4.99 Å². The molecule has 0 saturated heterocycles. The van der Waals surface area contributed by atoms with E-state index >= 15 is 0 Å². The molecule has 0 aromatic heterocycles. The molecule has 3 aromatic rings. The summed E-state index contributed by atoms with van der Waals surface area (Å²) < 4.78 is 5.86. The van der Waals surface area contributed by atoms with Crippen molar-refractivity contribution in [2.75, 3.05) is 6.61 Å². The Morgan fingerprint density at radius 2 is 1.28 bits per heavy atom. The molecule has 0 saturated carbocycles. The predicted molar refractivity (Wildman–Crippen MR) is 155 cm³/mol. The Morgan fingerprint density at radius 3 is 1.92 bits per heavy atom. The second-order valence-electron chi connectivity index (χ2n) is 9.95. The highest BCUT2D eigenvalue weighted by Crippen LogP contribution is 2.25. The van der Waals surface area contributed by atoms with E-state index in [0.29, 0.717) is 17.9 Å². The van der Waals surface area contributed by atoms with Gasteiger partial charge in [0.15, 0.2) is 0 Å². The zero-order valence-corrected chi connectivity index (χ0v) is 22.3. The van der Waals surface area contributed by atoms with Crippen molar-refractivity contribution >= 4 is 22.7 Å². The van der Waals surface area contributed by atoms with Crippen molar-refractivity contribution in [3.63, 3.8) is 0 Å². The summed E-state index contributed by atoms with van der Waals surface area (Å²) in [6.07, 6.45) is 20.6. The van der Waals surface area contributed by atoms with Crippen molar-refractivity contribution in [1.82, 2.24) is 0 Å². The highest BCUT2D eigenvalue weighted by atomic mass is 16.5. The Morgan fingerprint density at radius 1 is 0.667 bits per heavy atom. The summed E-state index contributed by atoms with van der Waals surface area (Å²) in [5, 5.41) is 12.7. The maximum Gasteiger partial charge on any atom is 0.128 e. The van der Waals surface area contributed by atoms with Gasteiger partial charge in [0.25, 0.3) is 0 Å². The summed E-state index contributed by atoms with van der Waals surface area (Å²) in [6.45, 7) is 2.98. The fourth-order valence-electron chi connectivity index (χ4n) is 4.61. The summed E-state index contributed by atoms with van der Waals surface area (Å²) in [5.41, 5.74) is 1.55. The molecule has 0 heterocycles. The molecule has 3 heteroatoms. The van der Waals surface area contributed by atoms with E-state index < -0.39 is 0 Å². The van der Waals surface area contributed by atoms with E-state index in [1.165, 1.54) is 88.9 Å².